The number of hydrogen-bond donors (Lipinski definition) is 1. The van der Waals surface area contributed by atoms with Crippen LogP contribution in [0, 0.1) is 11.2 Å². The predicted molar refractivity (Wildman–Crippen MR) is 107 cm³/mol. The molecule has 0 bridgehead atoms. The lowest BCUT2D eigenvalue weighted by atomic mass is 9.93. The standard InChI is InChI=1S/C21H25FN2O2S/c1-21(2)11-19(27-20(23)25)24(14-21)12-15-6-8-18(9-7-15)26-13-16-4-3-5-17(22)10-16/h3-10,19H,11-14H2,1-2H3,(H2,23,25). The van der Waals surface area contributed by atoms with Crippen LogP contribution in [0.25, 0.3) is 0 Å². The summed E-state index contributed by atoms with van der Waals surface area (Å²) in [6.45, 7) is 6.44. The largest absolute Gasteiger partial charge is 0.489 e. The monoisotopic (exact) mass is 388 g/mol. The number of amides is 1. The quantitative estimate of drug-likeness (QED) is 0.774. The molecular formula is C21H25FN2O2S. The molecule has 4 nitrogen and oxygen atoms in total. The molecule has 1 heterocycles. The summed E-state index contributed by atoms with van der Waals surface area (Å²) in [5.41, 5.74) is 7.50. The van der Waals surface area contributed by atoms with Crippen LogP contribution < -0.4 is 10.5 Å². The van der Waals surface area contributed by atoms with E-state index in [9.17, 15) is 9.18 Å². The molecule has 3 rings (SSSR count). The second-order valence-corrected chi connectivity index (χ2v) is 8.91. The molecule has 2 aromatic carbocycles. The Morgan fingerprint density at radius 3 is 2.67 bits per heavy atom. The highest BCUT2D eigenvalue weighted by Gasteiger charge is 2.38. The first-order chi connectivity index (χ1) is 12.8. The van der Waals surface area contributed by atoms with Gasteiger partial charge in [-0.2, -0.15) is 0 Å². The van der Waals surface area contributed by atoms with Crippen molar-refractivity contribution in [3.05, 3.63) is 65.5 Å². The number of nitrogens with two attached hydrogens (primary N) is 1. The molecule has 0 aliphatic carbocycles. The Bertz CT molecular complexity index is 795. The lowest BCUT2D eigenvalue weighted by Crippen LogP contribution is -2.29. The number of halogens is 1. The molecule has 0 saturated carbocycles. The van der Waals surface area contributed by atoms with Crippen LogP contribution in [-0.4, -0.2) is 22.1 Å². The van der Waals surface area contributed by atoms with Gasteiger partial charge >= 0.3 is 0 Å². The van der Waals surface area contributed by atoms with Crippen molar-refractivity contribution in [2.75, 3.05) is 6.54 Å². The third kappa shape index (κ3) is 5.71. The zero-order valence-corrected chi connectivity index (χ0v) is 16.5. The van der Waals surface area contributed by atoms with E-state index >= 15 is 0 Å². The molecule has 1 fully saturated rings. The van der Waals surface area contributed by atoms with Gasteiger partial charge in [0.2, 0.25) is 0 Å². The number of thioether (sulfide) groups is 1. The van der Waals surface area contributed by atoms with Crippen molar-refractivity contribution in [2.24, 2.45) is 11.1 Å². The highest BCUT2D eigenvalue weighted by atomic mass is 32.2. The van der Waals surface area contributed by atoms with Crippen LogP contribution in [0.5, 0.6) is 5.75 Å². The molecule has 1 saturated heterocycles. The molecule has 1 aliphatic rings. The number of nitrogens with zero attached hydrogens (tertiary/aromatic N) is 1. The highest BCUT2D eigenvalue weighted by Crippen LogP contribution is 2.39. The van der Waals surface area contributed by atoms with Crippen molar-refractivity contribution in [1.29, 1.82) is 0 Å². The van der Waals surface area contributed by atoms with Crippen LogP contribution in [0.15, 0.2) is 48.5 Å². The molecule has 1 amide bonds. The van der Waals surface area contributed by atoms with Gasteiger partial charge in [-0.25, -0.2) is 4.39 Å². The summed E-state index contributed by atoms with van der Waals surface area (Å²) >= 11 is 1.21. The van der Waals surface area contributed by atoms with Crippen LogP contribution >= 0.6 is 11.8 Å². The van der Waals surface area contributed by atoms with Gasteiger partial charge in [0.25, 0.3) is 5.24 Å². The van der Waals surface area contributed by atoms with Gasteiger partial charge in [0.1, 0.15) is 18.2 Å². The highest BCUT2D eigenvalue weighted by molar-refractivity contribution is 8.14. The van der Waals surface area contributed by atoms with Crippen LogP contribution in [-0.2, 0) is 13.2 Å². The maximum atomic E-state index is 13.2. The van der Waals surface area contributed by atoms with Gasteiger partial charge in [0, 0.05) is 13.1 Å². The molecule has 0 spiro atoms. The summed E-state index contributed by atoms with van der Waals surface area (Å²) in [6, 6.07) is 14.3. The van der Waals surface area contributed by atoms with Crippen molar-refractivity contribution < 1.29 is 13.9 Å². The smallest absolute Gasteiger partial charge is 0.278 e. The molecule has 1 atom stereocenters. The van der Waals surface area contributed by atoms with E-state index in [2.05, 4.69) is 18.7 Å². The van der Waals surface area contributed by atoms with Crippen LogP contribution in [0.2, 0.25) is 0 Å². The van der Waals surface area contributed by atoms with Gasteiger partial charge in [0.05, 0.1) is 5.37 Å². The van der Waals surface area contributed by atoms with E-state index in [0.29, 0.717) is 6.61 Å². The summed E-state index contributed by atoms with van der Waals surface area (Å²) in [5, 5.41) is -0.217. The zero-order valence-electron chi connectivity index (χ0n) is 15.7. The zero-order chi connectivity index (χ0) is 19.4. The first kappa shape index (κ1) is 19.7. The summed E-state index contributed by atoms with van der Waals surface area (Å²) < 4.78 is 18.9. The SMILES string of the molecule is CC1(C)CC(SC(N)=O)N(Cc2ccc(OCc3cccc(F)c3)cc2)C1. The summed E-state index contributed by atoms with van der Waals surface area (Å²) in [5.74, 6) is 0.483. The first-order valence-electron chi connectivity index (χ1n) is 8.97. The van der Waals surface area contributed by atoms with Crippen molar-refractivity contribution in [2.45, 2.75) is 38.8 Å². The normalized spacial score (nSPS) is 19.1. The average Bonchev–Trinajstić information content (AvgIpc) is 2.87. The maximum Gasteiger partial charge on any atom is 0.278 e. The van der Waals surface area contributed by atoms with Crippen molar-refractivity contribution in [1.82, 2.24) is 4.90 Å². The molecule has 2 N–H and O–H groups in total. The van der Waals surface area contributed by atoms with E-state index in [1.165, 1.54) is 23.9 Å². The Labute approximate surface area is 163 Å². The Kier molecular flexibility index (Phi) is 6.07. The maximum absolute atomic E-state index is 13.2. The number of ether oxygens (including phenoxy) is 1. The number of primary amides is 1. The molecule has 1 unspecified atom stereocenters. The third-order valence-electron chi connectivity index (χ3n) is 4.62. The Morgan fingerprint density at radius 2 is 2.00 bits per heavy atom. The Morgan fingerprint density at radius 1 is 1.26 bits per heavy atom. The fourth-order valence-corrected chi connectivity index (χ4v) is 4.55. The van der Waals surface area contributed by atoms with E-state index in [-0.39, 0.29) is 21.8 Å². The lowest BCUT2D eigenvalue weighted by molar-refractivity contribution is 0.263. The van der Waals surface area contributed by atoms with Gasteiger partial charge in [-0.15, -0.1) is 0 Å². The van der Waals surface area contributed by atoms with E-state index in [1.54, 1.807) is 6.07 Å². The van der Waals surface area contributed by atoms with Gasteiger partial charge in [-0.3, -0.25) is 9.69 Å². The molecule has 0 aromatic heterocycles. The minimum absolute atomic E-state index is 0.112. The predicted octanol–water partition coefficient (Wildman–Crippen LogP) is 4.77. The first-order valence-corrected chi connectivity index (χ1v) is 9.85. The van der Waals surface area contributed by atoms with E-state index in [1.807, 2.05) is 30.3 Å². The molecule has 144 valence electrons. The third-order valence-corrected chi connectivity index (χ3v) is 5.59. The molecule has 2 aromatic rings. The molecule has 27 heavy (non-hydrogen) atoms. The minimum atomic E-state index is -0.330. The average molecular weight is 389 g/mol. The van der Waals surface area contributed by atoms with E-state index in [0.717, 1.165) is 36.4 Å². The van der Waals surface area contributed by atoms with Crippen LogP contribution in [0.1, 0.15) is 31.4 Å². The molecule has 0 radical (unpaired) electrons. The number of likely N-dealkylation sites (tertiary alicyclic amines) is 1. The fourth-order valence-electron chi connectivity index (χ4n) is 3.44. The molecule has 6 heteroatoms. The van der Waals surface area contributed by atoms with E-state index in [4.69, 9.17) is 10.5 Å². The number of rotatable bonds is 6. The molecular weight excluding hydrogens is 363 g/mol. The summed E-state index contributed by atoms with van der Waals surface area (Å²) in [6.07, 6.45) is 0.940. The molecule has 1 aliphatic heterocycles. The summed E-state index contributed by atoms with van der Waals surface area (Å²) in [4.78, 5) is 13.6. The van der Waals surface area contributed by atoms with Crippen LogP contribution in [0.3, 0.4) is 0 Å². The number of carbonyl (C=O) groups is 1. The van der Waals surface area contributed by atoms with E-state index < -0.39 is 0 Å². The van der Waals surface area contributed by atoms with Gasteiger partial charge in [0.15, 0.2) is 0 Å². The van der Waals surface area contributed by atoms with Gasteiger partial charge < -0.3 is 10.5 Å². The number of hydrogen-bond acceptors (Lipinski definition) is 4. The fraction of sp³-hybridized carbons (Fsp3) is 0.381. The van der Waals surface area contributed by atoms with Gasteiger partial charge in [-0.05, 0) is 59.0 Å². The van der Waals surface area contributed by atoms with Crippen molar-refractivity contribution in [3.8, 4) is 5.75 Å². The van der Waals surface area contributed by atoms with Crippen molar-refractivity contribution >= 4 is 17.0 Å². The van der Waals surface area contributed by atoms with Gasteiger partial charge in [-0.1, -0.05) is 38.1 Å². The number of benzene rings is 2. The second kappa shape index (κ2) is 8.31. The van der Waals surface area contributed by atoms with Crippen LogP contribution in [0.4, 0.5) is 9.18 Å². The topological polar surface area (TPSA) is 55.6 Å². The minimum Gasteiger partial charge on any atom is -0.489 e. The lowest BCUT2D eigenvalue weighted by Gasteiger charge is -2.23. The second-order valence-electron chi connectivity index (χ2n) is 7.73. The Balaban J connectivity index is 1.59. The Hall–Kier alpha value is -2.05. The number of carbonyl (C=O) groups excluding carboxylic acids is 1. The van der Waals surface area contributed by atoms with Crippen molar-refractivity contribution in [3.63, 3.8) is 0 Å². The summed E-state index contributed by atoms with van der Waals surface area (Å²) in [7, 11) is 0.